The third-order valence-corrected chi connectivity index (χ3v) is 6.60. The number of piperazine rings is 1. The van der Waals surface area contributed by atoms with E-state index in [2.05, 4.69) is 25.8 Å². The molecule has 0 bridgehead atoms. The first kappa shape index (κ1) is 20.7. The van der Waals surface area contributed by atoms with Gasteiger partial charge in [-0.15, -0.1) is 6.42 Å². The summed E-state index contributed by atoms with van der Waals surface area (Å²) in [5.41, 5.74) is 0.245. The number of carbonyl (C=O) groups is 2. The number of aromatic nitrogens is 3. The van der Waals surface area contributed by atoms with Crippen LogP contribution in [0.1, 0.15) is 41.7 Å². The Kier molecular flexibility index (Phi) is 5.19. The van der Waals surface area contributed by atoms with E-state index in [0.717, 1.165) is 19.3 Å². The maximum absolute atomic E-state index is 13.0. The highest BCUT2D eigenvalue weighted by Crippen LogP contribution is 2.38. The zero-order valence-electron chi connectivity index (χ0n) is 17.3. The van der Waals surface area contributed by atoms with Crippen molar-refractivity contribution in [2.45, 2.75) is 31.0 Å². The van der Waals surface area contributed by atoms with Crippen molar-refractivity contribution >= 4 is 29.4 Å². The molecule has 10 heteroatoms. The Morgan fingerprint density at radius 3 is 2.53 bits per heavy atom. The molecule has 9 nitrogen and oxygen atoms in total. The number of rotatable bonds is 3. The molecule has 1 aliphatic carbocycles. The Hall–Kier alpha value is -3.22. The molecule has 2 aromatic heterocycles. The fraction of sp³-hybridized carbons (Fsp3) is 0.409. The van der Waals surface area contributed by atoms with Crippen molar-refractivity contribution in [1.29, 1.82) is 0 Å². The summed E-state index contributed by atoms with van der Waals surface area (Å²) in [6.45, 7) is 2.36. The monoisotopic (exact) mass is 452 g/mol. The van der Waals surface area contributed by atoms with E-state index in [4.69, 9.17) is 22.8 Å². The number of hydrogen-bond acceptors (Lipinski definition) is 7. The van der Waals surface area contributed by atoms with Crippen LogP contribution in [0.15, 0.2) is 30.7 Å². The van der Waals surface area contributed by atoms with Gasteiger partial charge in [-0.1, -0.05) is 17.5 Å². The van der Waals surface area contributed by atoms with E-state index in [1.54, 1.807) is 17.0 Å². The molecule has 5 rings (SSSR count). The molecule has 32 heavy (non-hydrogen) atoms. The molecular weight excluding hydrogens is 432 g/mol. The van der Waals surface area contributed by atoms with E-state index in [-0.39, 0.29) is 16.9 Å². The molecule has 1 saturated heterocycles. The average molecular weight is 453 g/mol. The molecule has 1 atom stereocenters. The van der Waals surface area contributed by atoms with Crippen molar-refractivity contribution in [2.75, 3.05) is 31.1 Å². The molecule has 4 heterocycles. The molecule has 3 aliphatic rings. The van der Waals surface area contributed by atoms with Crippen LogP contribution in [-0.2, 0) is 4.74 Å². The minimum absolute atomic E-state index is 0.132. The maximum Gasteiger partial charge on any atom is 0.412 e. The second kappa shape index (κ2) is 8.04. The van der Waals surface area contributed by atoms with Gasteiger partial charge in [0.2, 0.25) is 6.23 Å². The summed E-state index contributed by atoms with van der Waals surface area (Å²) < 4.78 is 5.79. The minimum Gasteiger partial charge on any atom is -0.419 e. The van der Waals surface area contributed by atoms with Gasteiger partial charge in [-0.2, -0.15) is 0 Å². The summed E-state index contributed by atoms with van der Waals surface area (Å²) in [6, 6.07) is 3.20. The first-order valence-electron chi connectivity index (χ1n) is 10.5. The lowest BCUT2D eigenvalue weighted by Gasteiger charge is -2.49. The van der Waals surface area contributed by atoms with Gasteiger partial charge in [0.1, 0.15) is 11.5 Å². The maximum atomic E-state index is 13.0. The highest BCUT2D eigenvalue weighted by molar-refractivity contribution is 6.30. The topological polar surface area (TPSA) is 91.8 Å². The molecule has 0 aromatic carbocycles. The first-order chi connectivity index (χ1) is 15.5. The van der Waals surface area contributed by atoms with Crippen molar-refractivity contribution in [3.63, 3.8) is 0 Å². The van der Waals surface area contributed by atoms with E-state index in [1.807, 2.05) is 0 Å². The van der Waals surface area contributed by atoms with Crippen LogP contribution in [0.2, 0.25) is 5.02 Å². The Morgan fingerprint density at radius 1 is 1.16 bits per heavy atom. The molecule has 0 spiro atoms. The van der Waals surface area contributed by atoms with Gasteiger partial charge in [0.15, 0.2) is 5.69 Å². The molecule has 2 aliphatic heterocycles. The number of halogens is 1. The van der Waals surface area contributed by atoms with E-state index >= 15 is 0 Å². The van der Waals surface area contributed by atoms with E-state index in [1.165, 1.54) is 23.5 Å². The van der Waals surface area contributed by atoms with Crippen molar-refractivity contribution in [3.8, 4) is 12.3 Å². The molecule has 0 N–H and O–H groups in total. The van der Waals surface area contributed by atoms with Gasteiger partial charge in [-0.25, -0.2) is 19.7 Å². The van der Waals surface area contributed by atoms with Crippen LogP contribution >= 0.6 is 11.6 Å². The smallest absolute Gasteiger partial charge is 0.412 e. The molecule has 2 aromatic rings. The van der Waals surface area contributed by atoms with Crippen LogP contribution in [0.25, 0.3) is 0 Å². The van der Waals surface area contributed by atoms with Crippen molar-refractivity contribution in [1.82, 2.24) is 24.8 Å². The number of ether oxygens (including phenoxy) is 1. The molecule has 2 amide bonds. The van der Waals surface area contributed by atoms with Crippen LogP contribution in [-0.4, -0.2) is 68.5 Å². The van der Waals surface area contributed by atoms with Crippen LogP contribution in [0.4, 0.5) is 10.6 Å². The molecular formula is C22H21ClN6O3. The highest BCUT2D eigenvalue weighted by Gasteiger charge is 2.45. The zero-order valence-corrected chi connectivity index (χ0v) is 18.0. The minimum atomic E-state index is -1.06. The summed E-state index contributed by atoms with van der Waals surface area (Å²) in [4.78, 5) is 43.8. The fourth-order valence-electron chi connectivity index (χ4n) is 4.43. The van der Waals surface area contributed by atoms with Crippen LogP contribution in [0, 0.1) is 12.3 Å². The zero-order chi connectivity index (χ0) is 22.3. The third kappa shape index (κ3) is 3.36. The lowest BCUT2D eigenvalue weighted by Crippen LogP contribution is -2.60. The lowest BCUT2D eigenvalue weighted by atomic mass is 9.75. The molecule has 1 saturated carbocycles. The molecule has 0 radical (unpaired) electrons. The number of nitrogens with zero attached hydrogens (tertiary/aromatic N) is 6. The predicted octanol–water partition coefficient (Wildman–Crippen LogP) is 2.49. The van der Waals surface area contributed by atoms with Gasteiger partial charge in [0.05, 0.1) is 10.6 Å². The van der Waals surface area contributed by atoms with E-state index < -0.39 is 18.2 Å². The number of amides is 2. The summed E-state index contributed by atoms with van der Waals surface area (Å²) in [6.07, 6.45) is 11.6. The third-order valence-electron chi connectivity index (χ3n) is 6.38. The lowest BCUT2D eigenvalue weighted by molar-refractivity contribution is 0.00680. The van der Waals surface area contributed by atoms with Gasteiger partial charge in [0, 0.05) is 44.8 Å². The largest absolute Gasteiger partial charge is 0.419 e. The Bertz CT molecular complexity index is 1090. The number of anilines is 1. The SMILES string of the molecule is C#CC1(N2CCN(C(=O)O[C@H]3c4nccnc4C(=O)N3c3ccc(Cl)cn3)CC2)CCC1. The van der Waals surface area contributed by atoms with E-state index in [0.29, 0.717) is 37.0 Å². The summed E-state index contributed by atoms with van der Waals surface area (Å²) in [7, 11) is 0. The highest BCUT2D eigenvalue weighted by atomic mass is 35.5. The summed E-state index contributed by atoms with van der Waals surface area (Å²) >= 11 is 5.94. The fourth-order valence-corrected chi connectivity index (χ4v) is 4.54. The number of terminal acetylenes is 1. The van der Waals surface area contributed by atoms with Crippen molar-refractivity contribution in [2.24, 2.45) is 0 Å². The van der Waals surface area contributed by atoms with E-state index in [9.17, 15) is 9.59 Å². The van der Waals surface area contributed by atoms with Gasteiger partial charge >= 0.3 is 6.09 Å². The van der Waals surface area contributed by atoms with Crippen molar-refractivity contribution < 1.29 is 14.3 Å². The number of pyridine rings is 1. The number of fused-ring (bicyclic) bond motifs is 1. The van der Waals surface area contributed by atoms with Gasteiger partial charge in [-0.3, -0.25) is 14.7 Å². The van der Waals surface area contributed by atoms with Crippen LogP contribution < -0.4 is 4.90 Å². The van der Waals surface area contributed by atoms with Crippen LogP contribution in [0.3, 0.4) is 0 Å². The van der Waals surface area contributed by atoms with Gasteiger partial charge < -0.3 is 9.64 Å². The predicted molar refractivity (Wildman–Crippen MR) is 116 cm³/mol. The first-order valence-corrected chi connectivity index (χ1v) is 10.8. The number of hydrogen-bond donors (Lipinski definition) is 0. The standard InChI is InChI=1S/C22H21ClN6O3/c1-2-22(6-3-7-22)28-12-10-27(11-13-28)21(31)32-20-18-17(24-8-9-25-18)19(30)29(20)16-5-4-15(23)14-26-16/h1,4-5,8-9,14,20H,3,6-7,10-13H2/t20-/m0/s1. The normalized spacial score (nSPS) is 22.1. The second-order valence-electron chi connectivity index (χ2n) is 8.04. The molecule has 0 unspecified atom stereocenters. The molecule has 164 valence electrons. The molecule has 2 fully saturated rings. The number of carbonyl (C=O) groups excluding carboxylic acids is 2. The summed E-state index contributed by atoms with van der Waals surface area (Å²) in [5.74, 6) is 2.80. The van der Waals surface area contributed by atoms with Crippen LogP contribution in [0.5, 0.6) is 0 Å². The second-order valence-corrected chi connectivity index (χ2v) is 8.48. The summed E-state index contributed by atoms with van der Waals surface area (Å²) in [5, 5.41) is 0.428. The van der Waals surface area contributed by atoms with Gasteiger partial charge in [-0.05, 0) is 31.4 Å². The Morgan fingerprint density at radius 2 is 1.91 bits per heavy atom. The van der Waals surface area contributed by atoms with Crippen molar-refractivity contribution in [3.05, 3.63) is 47.1 Å². The quantitative estimate of drug-likeness (QED) is 0.660. The Balaban J connectivity index is 1.33. The Labute approximate surface area is 190 Å². The average Bonchev–Trinajstić information content (AvgIpc) is 3.06. The van der Waals surface area contributed by atoms with Gasteiger partial charge in [0.25, 0.3) is 5.91 Å².